The minimum Gasteiger partial charge on any atom is -0.355 e. The maximum atomic E-state index is 14.2. The highest BCUT2D eigenvalue weighted by molar-refractivity contribution is 5.37. The van der Waals surface area contributed by atoms with Crippen molar-refractivity contribution < 1.29 is 13.2 Å². The van der Waals surface area contributed by atoms with Gasteiger partial charge in [0, 0.05) is 31.2 Å². The van der Waals surface area contributed by atoms with E-state index in [-0.39, 0.29) is 18.2 Å². The molecule has 0 amide bonds. The van der Waals surface area contributed by atoms with Gasteiger partial charge < -0.3 is 4.90 Å². The van der Waals surface area contributed by atoms with Crippen molar-refractivity contribution in [2.75, 3.05) is 24.5 Å². The largest absolute Gasteiger partial charge is 0.355 e. The molecular formula is C22H27F3N4. The van der Waals surface area contributed by atoms with Crippen molar-refractivity contribution in [2.45, 2.75) is 51.6 Å². The minimum absolute atomic E-state index is 0.129. The lowest BCUT2D eigenvalue weighted by Crippen LogP contribution is -2.48. The van der Waals surface area contributed by atoms with Gasteiger partial charge in [-0.25, -0.2) is 13.2 Å². The molecule has 2 aliphatic heterocycles. The fourth-order valence-corrected chi connectivity index (χ4v) is 4.74. The van der Waals surface area contributed by atoms with Crippen LogP contribution in [0.4, 0.5) is 19.0 Å². The first kappa shape index (κ1) is 20.1. The molecule has 0 aliphatic carbocycles. The van der Waals surface area contributed by atoms with E-state index in [1.807, 2.05) is 19.1 Å². The maximum absolute atomic E-state index is 14.2. The van der Waals surface area contributed by atoms with Crippen molar-refractivity contribution in [2.24, 2.45) is 5.92 Å². The Bertz CT molecular complexity index is 835. The Labute approximate surface area is 169 Å². The first-order chi connectivity index (χ1) is 14.0. The molecule has 0 bridgehead atoms. The first-order valence-electron chi connectivity index (χ1n) is 10.4. The van der Waals surface area contributed by atoms with Crippen LogP contribution in [0.3, 0.4) is 0 Å². The van der Waals surface area contributed by atoms with Crippen LogP contribution in [-0.4, -0.2) is 40.8 Å². The average molecular weight is 404 g/mol. The third-order valence-electron chi connectivity index (χ3n) is 6.36. The normalized spacial score (nSPS) is 21.5. The van der Waals surface area contributed by atoms with E-state index in [1.165, 1.54) is 0 Å². The number of rotatable bonds is 4. The highest BCUT2D eigenvalue weighted by Gasteiger charge is 2.33. The quantitative estimate of drug-likeness (QED) is 0.704. The van der Waals surface area contributed by atoms with Crippen molar-refractivity contribution in [3.8, 4) is 0 Å². The van der Waals surface area contributed by atoms with E-state index in [2.05, 4.69) is 20.0 Å². The molecule has 0 radical (unpaired) electrons. The molecule has 2 fully saturated rings. The molecule has 4 nitrogen and oxygen atoms in total. The molecule has 29 heavy (non-hydrogen) atoms. The molecule has 1 unspecified atom stereocenters. The molecule has 0 saturated carbocycles. The number of piperidine rings is 2. The van der Waals surface area contributed by atoms with E-state index >= 15 is 0 Å². The van der Waals surface area contributed by atoms with Gasteiger partial charge >= 0.3 is 0 Å². The van der Waals surface area contributed by atoms with Gasteiger partial charge in [-0.05, 0) is 69.3 Å². The summed E-state index contributed by atoms with van der Waals surface area (Å²) < 4.78 is 42.0. The highest BCUT2D eigenvalue weighted by Crippen LogP contribution is 2.33. The molecule has 1 aromatic carbocycles. The Hall–Kier alpha value is -2.15. The van der Waals surface area contributed by atoms with Crippen LogP contribution < -0.4 is 4.90 Å². The third-order valence-corrected chi connectivity index (χ3v) is 6.36. The lowest BCUT2D eigenvalue weighted by molar-refractivity contribution is 0.0782. The highest BCUT2D eigenvalue weighted by atomic mass is 19.2. The van der Waals surface area contributed by atoms with Gasteiger partial charge in [0.25, 0.3) is 0 Å². The lowest BCUT2D eigenvalue weighted by Gasteiger charge is -2.44. The standard InChI is InChI=1S/C22H27F3N4/c1-15-5-8-21(27-26-15)28-12-9-16(10-13-28)20-4-2-3-11-29(20)14-17-18(23)6-7-19(24)22(17)25/h5-8,16,20H,2-4,9-14H2,1H3. The van der Waals surface area contributed by atoms with Crippen molar-refractivity contribution >= 4 is 5.82 Å². The zero-order valence-electron chi connectivity index (χ0n) is 16.8. The number of nitrogens with zero attached hydrogens (tertiary/aromatic N) is 4. The molecule has 2 aromatic rings. The van der Waals surface area contributed by atoms with E-state index in [9.17, 15) is 13.2 Å². The minimum atomic E-state index is -1.05. The van der Waals surface area contributed by atoms with Gasteiger partial charge in [0.2, 0.25) is 0 Å². The van der Waals surface area contributed by atoms with Gasteiger partial charge in [0.1, 0.15) is 5.82 Å². The molecule has 2 saturated heterocycles. The maximum Gasteiger partial charge on any atom is 0.166 e. The number of halogens is 3. The molecule has 7 heteroatoms. The summed E-state index contributed by atoms with van der Waals surface area (Å²) in [5, 5.41) is 8.43. The van der Waals surface area contributed by atoms with Crippen molar-refractivity contribution in [1.82, 2.24) is 15.1 Å². The summed E-state index contributed by atoms with van der Waals surface area (Å²) in [6.07, 6.45) is 5.16. The first-order valence-corrected chi connectivity index (χ1v) is 10.4. The van der Waals surface area contributed by atoms with Gasteiger partial charge in [-0.3, -0.25) is 4.90 Å². The van der Waals surface area contributed by atoms with E-state index in [0.717, 1.165) is 75.4 Å². The Kier molecular flexibility index (Phi) is 6.04. The number of likely N-dealkylation sites (tertiary alicyclic amines) is 1. The van der Waals surface area contributed by atoms with Crippen molar-refractivity contribution in [3.05, 3.63) is 53.0 Å². The summed E-state index contributed by atoms with van der Waals surface area (Å²) >= 11 is 0. The predicted octanol–water partition coefficient (Wildman–Crippen LogP) is 4.47. The third kappa shape index (κ3) is 4.39. The van der Waals surface area contributed by atoms with Crippen LogP contribution in [0, 0.1) is 30.3 Å². The number of hydrogen-bond acceptors (Lipinski definition) is 4. The van der Waals surface area contributed by atoms with Crippen LogP contribution in [0.15, 0.2) is 24.3 Å². The van der Waals surface area contributed by atoms with Gasteiger partial charge in [-0.15, -0.1) is 5.10 Å². The number of aryl methyl sites for hydroxylation is 1. The van der Waals surface area contributed by atoms with Crippen LogP contribution in [0.2, 0.25) is 0 Å². The molecule has 2 aliphatic rings. The summed E-state index contributed by atoms with van der Waals surface area (Å²) in [6.45, 7) is 4.64. The molecule has 3 heterocycles. The zero-order valence-corrected chi connectivity index (χ0v) is 16.8. The summed E-state index contributed by atoms with van der Waals surface area (Å²) in [5.41, 5.74) is 0.752. The second-order valence-corrected chi connectivity index (χ2v) is 8.21. The van der Waals surface area contributed by atoms with Crippen LogP contribution >= 0.6 is 0 Å². The Morgan fingerprint density at radius 3 is 2.38 bits per heavy atom. The summed E-state index contributed by atoms with van der Waals surface area (Å²) in [4.78, 5) is 4.42. The van der Waals surface area contributed by atoms with Gasteiger partial charge in [-0.1, -0.05) is 6.42 Å². The van der Waals surface area contributed by atoms with E-state index < -0.39 is 17.5 Å². The number of anilines is 1. The zero-order chi connectivity index (χ0) is 20.4. The van der Waals surface area contributed by atoms with Gasteiger partial charge in [0.15, 0.2) is 17.5 Å². The molecule has 1 atom stereocenters. The van der Waals surface area contributed by atoms with Crippen LogP contribution in [0.5, 0.6) is 0 Å². The Morgan fingerprint density at radius 2 is 1.66 bits per heavy atom. The Balaban J connectivity index is 1.43. The van der Waals surface area contributed by atoms with E-state index in [1.54, 1.807) is 0 Å². The smallest absolute Gasteiger partial charge is 0.166 e. The summed E-state index contributed by atoms with van der Waals surface area (Å²) in [5.74, 6) is -1.34. The molecular weight excluding hydrogens is 377 g/mol. The van der Waals surface area contributed by atoms with E-state index in [4.69, 9.17) is 0 Å². The molecule has 0 N–H and O–H groups in total. The predicted molar refractivity (Wildman–Crippen MR) is 106 cm³/mol. The van der Waals surface area contributed by atoms with Crippen molar-refractivity contribution in [1.29, 1.82) is 0 Å². The molecule has 156 valence electrons. The monoisotopic (exact) mass is 404 g/mol. The van der Waals surface area contributed by atoms with Crippen LogP contribution in [0.25, 0.3) is 0 Å². The number of aromatic nitrogens is 2. The fourth-order valence-electron chi connectivity index (χ4n) is 4.74. The second-order valence-electron chi connectivity index (χ2n) is 8.21. The van der Waals surface area contributed by atoms with Gasteiger partial charge in [0.05, 0.1) is 5.69 Å². The van der Waals surface area contributed by atoms with Crippen LogP contribution in [0.1, 0.15) is 43.4 Å². The second kappa shape index (κ2) is 8.69. The van der Waals surface area contributed by atoms with Crippen LogP contribution in [-0.2, 0) is 6.54 Å². The van der Waals surface area contributed by atoms with E-state index in [0.29, 0.717) is 5.92 Å². The number of benzene rings is 1. The molecule has 4 rings (SSSR count). The lowest BCUT2D eigenvalue weighted by atomic mass is 9.83. The van der Waals surface area contributed by atoms with Gasteiger partial charge in [-0.2, -0.15) is 5.10 Å². The summed E-state index contributed by atoms with van der Waals surface area (Å²) in [7, 11) is 0. The SMILES string of the molecule is Cc1ccc(N2CCC(C3CCCCN3Cc3c(F)ccc(F)c3F)CC2)nn1. The fraction of sp³-hybridized carbons (Fsp3) is 0.545. The topological polar surface area (TPSA) is 32.3 Å². The molecule has 0 spiro atoms. The average Bonchev–Trinajstić information content (AvgIpc) is 2.75. The summed E-state index contributed by atoms with van der Waals surface area (Å²) in [6, 6.07) is 6.13. The number of hydrogen-bond donors (Lipinski definition) is 0. The molecule has 1 aromatic heterocycles. The Morgan fingerprint density at radius 1 is 0.897 bits per heavy atom. The van der Waals surface area contributed by atoms with Crippen molar-refractivity contribution in [3.63, 3.8) is 0 Å².